The van der Waals surface area contributed by atoms with Gasteiger partial charge in [0.1, 0.15) is 11.6 Å². The summed E-state index contributed by atoms with van der Waals surface area (Å²) in [5, 5.41) is 11.3. The number of hydrogen-bond acceptors (Lipinski definition) is 0. The summed E-state index contributed by atoms with van der Waals surface area (Å²) in [6.07, 6.45) is 0. The molecule has 0 spiro atoms. The minimum atomic E-state index is -0.238. The Morgan fingerprint density at radius 1 is 0.367 bits per heavy atom. The molecule has 2 heterocycles. The summed E-state index contributed by atoms with van der Waals surface area (Å²) < 4.78 is 33.5. The van der Waals surface area contributed by atoms with Crippen LogP contribution < -0.4 is 0 Å². The maximum Gasteiger partial charge on any atom is 0.123 e. The molecule has 12 aromatic rings. The van der Waals surface area contributed by atoms with E-state index in [0.29, 0.717) is 0 Å². The van der Waals surface area contributed by atoms with Gasteiger partial charge >= 0.3 is 0 Å². The molecule has 0 atom stereocenters. The minimum absolute atomic E-state index is 0.0132. The van der Waals surface area contributed by atoms with Gasteiger partial charge in [-0.05, 0) is 144 Å². The molecule has 0 N–H and O–H groups in total. The van der Waals surface area contributed by atoms with Gasteiger partial charge in [0.15, 0.2) is 0 Å². The van der Waals surface area contributed by atoms with Crippen LogP contribution in [-0.4, -0.2) is 9.13 Å². The summed E-state index contributed by atoms with van der Waals surface area (Å²) in [6, 6.07) is 60.5. The second kappa shape index (κ2) is 12.6. The maximum atomic E-state index is 14.5. The van der Waals surface area contributed by atoms with E-state index in [2.05, 4.69) is 145 Å². The fourth-order valence-electron chi connectivity index (χ4n) is 9.85. The fourth-order valence-corrected chi connectivity index (χ4v) is 9.85. The highest BCUT2D eigenvalue weighted by Gasteiger charge is 2.21. The molecule has 286 valence electrons. The van der Waals surface area contributed by atoms with Crippen molar-refractivity contribution in [3.8, 4) is 33.6 Å². The lowest BCUT2D eigenvalue weighted by Crippen LogP contribution is -2.10. The number of halogens is 2. The molecule has 0 aliphatic heterocycles. The van der Waals surface area contributed by atoms with Gasteiger partial charge in [-0.25, -0.2) is 8.78 Å². The van der Waals surface area contributed by atoms with Crippen LogP contribution in [0.25, 0.3) is 110 Å². The number of aromatic nitrogens is 2. The van der Waals surface area contributed by atoms with Crippen LogP contribution in [0.4, 0.5) is 8.78 Å². The molecule has 2 aromatic heterocycles. The highest BCUT2D eigenvalue weighted by Crippen LogP contribution is 2.46. The zero-order chi connectivity index (χ0) is 40.4. The van der Waals surface area contributed by atoms with E-state index in [1.54, 1.807) is 24.3 Å². The molecule has 0 aliphatic rings. The first-order valence-corrected chi connectivity index (χ1v) is 20.5. The van der Waals surface area contributed by atoms with Crippen LogP contribution in [0.2, 0.25) is 0 Å². The quantitative estimate of drug-likeness (QED) is 0.158. The first-order valence-electron chi connectivity index (χ1n) is 20.5. The van der Waals surface area contributed by atoms with Crippen molar-refractivity contribution in [2.75, 3.05) is 0 Å². The first-order chi connectivity index (χ1) is 29.2. The summed E-state index contributed by atoms with van der Waals surface area (Å²) in [7, 11) is 0. The van der Waals surface area contributed by atoms with Crippen molar-refractivity contribution in [2.45, 2.75) is 26.2 Å². The SMILES string of the molecule is CC(C)(C)c1cc2ccc3c(-c4ccc(-n5c6ccccc6c6cc(F)ccc65)cc4)cc(-c4ccc(-n5c6ccccc6c6cc(F)ccc65)cc4)c4ccc(c1)c2c34. The van der Waals surface area contributed by atoms with Crippen LogP contribution in [0.5, 0.6) is 0 Å². The largest absolute Gasteiger partial charge is 0.309 e. The van der Waals surface area contributed by atoms with Gasteiger partial charge in [0.25, 0.3) is 0 Å². The van der Waals surface area contributed by atoms with Crippen molar-refractivity contribution in [2.24, 2.45) is 0 Å². The van der Waals surface area contributed by atoms with Crippen molar-refractivity contribution in [3.05, 3.63) is 193 Å². The predicted octanol–water partition coefficient (Wildman–Crippen LogP) is 15.7. The van der Waals surface area contributed by atoms with Crippen LogP contribution in [-0.2, 0) is 5.41 Å². The maximum absolute atomic E-state index is 14.5. The van der Waals surface area contributed by atoms with E-state index in [1.807, 2.05) is 36.4 Å². The molecule has 0 saturated carbocycles. The average Bonchev–Trinajstić information content (AvgIpc) is 3.77. The Morgan fingerprint density at radius 3 is 1.25 bits per heavy atom. The lowest BCUT2D eigenvalue weighted by molar-refractivity contribution is 0.591. The van der Waals surface area contributed by atoms with E-state index in [-0.39, 0.29) is 17.0 Å². The zero-order valence-corrected chi connectivity index (χ0v) is 33.4. The number of fused-ring (bicyclic) bond motifs is 6. The third kappa shape index (κ3) is 5.10. The number of hydrogen-bond donors (Lipinski definition) is 0. The highest BCUT2D eigenvalue weighted by molar-refractivity contribution is 6.28. The van der Waals surface area contributed by atoms with Crippen LogP contribution in [0.1, 0.15) is 26.3 Å². The Bertz CT molecular complexity index is 3460. The molecule has 12 rings (SSSR count). The molecular formula is C56H38F2N2. The van der Waals surface area contributed by atoms with Crippen LogP contribution >= 0.6 is 0 Å². The minimum Gasteiger partial charge on any atom is -0.309 e. The Kier molecular flexibility index (Phi) is 7.29. The predicted molar refractivity (Wildman–Crippen MR) is 248 cm³/mol. The summed E-state index contributed by atoms with van der Waals surface area (Å²) >= 11 is 0. The third-order valence-electron chi connectivity index (χ3n) is 12.7. The highest BCUT2D eigenvalue weighted by atomic mass is 19.1. The molecule has 0 saturated heterocycles. The van der Waals surface area contributed by atoms with E-state index in [4.69, 9.17) is 0 Å². The topological polar surface area (TPSA) is 9.86 Å². The second-order valence-electron chi connectivity index (χ2n) is 17.2. The normalized spacial score (nSPS) is 12.4. The van der Waals surface area contributed by atoms with Crippen LogP contribution in [0, 0.1) is 11.6 Å². The number of rotatable bonds is 4. The molecule has 60 heavy (non-hydrogen) atoms. The van der Waals surface area contributed by atoms with E-state index in [1.165, 1.54) is 37.9 Å². The third-order valence-corrected chi connectivity index (χ3v) is 12.7. The van der Waals surface area contributed by atoms with Gasteiger partial charge in [-0.2, -0.15) is 0 Å². The van der Waals surface area contributed by atoms with Gasteiger partial charge < -0.3 is 9.13 Å². The second-order valence-corrected chi connectivity index (χ2v) is 17.2. The molecule has 0 aliphatic carbocycles. The lowest BCUT2D eigenvalue weighted by atomic mass is 9.81. The molecule has 2 nitrogen and oxygen atoms in total. The molecule has 10 aromatic carbocycles. The summed E-state index contributed by atoms with van der Waals surface area (Å²) in [5.74, 6) is -0.476. The van der Waals surface area contributed by atoms with E-state index >= 15 is 0 Å². The van der Waals surface area contributed by atoms with Gasteiger partial charge in [-0.15, -0.1) is 0 Å². The lowest BCUT2D eigenvalue weighted by Gasteiger charge is -2.23. The van der Waals surface area contributed by atoms with Crippen molar-refractivity contribution in [3.63, 3.8) is 0 Å². The van der Waals surface area contributed by atoms with Crippen LogP contribution in [0.15, 0.2) is 176 Å². The summed E-state index contributed by atoms with van der Waals surface area (Å²) in [5.41, 5.74) is 12.0. The van der Waals surface area contributed by atoms with Gasteiger partial charge in [0.2, 0.25) is 0 Å². The molecule has 0 fully saturated rings. The molecule has 0 amide bonds. The average molecular weight is 777 g/mol. The van der Waals surface area contributed by atoms with E-state index < -0.39 is 0 Å². The van der Waals surface area contributed by atoms with Gasteiger partial charge in [-0.3, -0.25) is 0 Å². The zero-order valence-electron chi connectivity index (χ0n) is 33.4. The Labute approximate surface area is 345 Å². The Morgan fingerprint density at radius 2 is 0.800 bits per heavy atom. The fraction of sp³-hybridized carbons (Fsp3) is 0.0714. The number of para-hydroxylation sites is 2. The van der Waals surface area contributed by atoms with Gasteiger partial charge in [0, 0.05) is 32.9 Å². The Hall–Kier alpha value is -7.30. The van der Waals surface area contributed by atoms with Crippen molar-refractivity contribution in [1.29, 1.82) is 0 Å². The van der Waals surface area contributed by atoms with Crippen molar-refractivity contribution >= 4 is 75.9 Å². The molecular weight excluding hydrogens is 739 g/mol. The first kappa shape index (κ1) is 34.7. The number of benzene rings is 10. The van der Waals surface area contributed by atoms with Gasteiger partial charge in [0.05, 0.1) is 22.1 Å². The summed E-state index contributed by atoms with van der Waals surface area (Å²) in [4.78, 5) is 0. The standard InChI is InChI=1S/C56H38F2N2/c1-56(2,3)37-28-35-16-24-44-46(33-12-20-40(21-13-33)59-50-10-6-4-8-42(50)48-30-38(57)18-26-52(48)59)32-47(45-25-17-36(29-37)54(35)55(44)45)34-14-22-41(23-15-34)60-51-11-7-5-9-43(51)49-31-39(58)19-27-53(49)60/h4-32H,1-3H3. The van der Waals surface area contributed by atoms with Crippen molar-refractivity contribution in [1.82, 2.24) is 9.13 Å². The monoisotopic (exact) mass is 776 g/mol. The number of nitrogens with zero attached hydrogens (tertiary/aromatic N) is 2. The molecule has 4 heteroatoms. The van der Waals surface area contributed by atoms with Crippen molar-refractivity contribution < 1.29 is 8.78 Å². The van der Waals surface area contributed by atoms with Crippen LogP contribution in [0.3, 0.4) is 0 Å². The Balaban J connectivity index is 1.06. The molecule has 0 unspecified atom stereocenters. The van der Waals surface area contributed by atoms with E-state index in [9.17, 15) is 8.78 Å². The smallest absolute Gasteiger partial charge is 0.123 e. The van der Waals surface area contributed by atoms with Gasteiger partial charge in [-0.1, -0.05) is 118 Å². The molecule has 0 bridgehead atoms. The molecule has 0 radical (unpaired) electrons. The summed E-state index contributed by atoms with van der Waals surface area (Å²) in [6.45, 7) is 6.83. The van der Waals surface area contributed by atoms with E-state index in [0.717, 1.165) is 77.2 Å².